The van der Waals surface area contributed by atoms with Crippen LogP contribution < -0.4 is 0 Å². The average molecular weight is 565 g/mol. The first-order valence-corrected chi connectivity index (χ1v) is 15.4. The van der Waals surface area contributed by atoms with Crippen LogP contribution in [0.1, 0.15) is 43.2 Å². The summed E-state index contributed by atoms with van der Waals surface area (Å²) in [6.45, 7) is 0.0665. The zero-order chi connectivity index (χ0) is 26.6. The Labute approximate surface area is 223 Å². The van der Waals surface area contributed by atoms with Gasteiger partial charge in [0.1, 0.15) is 5.82 Å². The molecule has 0 aliphatic heterocycles. The molecule has 0 heterocycles. The second kappa shape index (κ2) is 11.6. The number of benzene rings is 3. The predicted molar refractivity (Wildman–Crippen MR) is 143 cm³/mol. The average Bonchev–Trinajstić information content (AvgIpc) is 2.90. The lowest BCUT2D eigenvalue weighted by molar-refractivity contribution is 0.286. The molecule has 1 saturated carbocycles. The lowest BCUT2D eigenvalue weighted by Gasteiger charge is -2.30. The van der Waals surface area contributed by atoms with Gasteiger partial charge in [-0.2, -0.15) is 8.61 Å². The normalized spacial score (nSPS) is 15.4. The van der Waals surface area contributed by atoms with Crippen LogP contribution in [0.2, 0.25) is 5.02 Å². The van der Waals surface area contributed by atoms with Gasteiger partial charge in [0.25, 0.3) is 0 Å². The summed E-state index contributed by atoms with van der Waals surface area (Å²) in [6, 6.07) is 17.8. The Bertz CT molecular complexity index is 1360. The SMILES string of the molecule is CN(C1CCCCC1)S(=O)(=O)c1ccc(S(=O)(=O)N(Cc2ccc(F)cc2)Cc2ccc(Cl)cc2)cc1. The summed E-state index contributed by atoms with van der Waals surface area (Å²) < 4.78 is 69.9. The zero-order valence-electron chi connectivity index (χ0n) is 20.6. The van der Waals surface area contributed by atoms with E-state index in [1.165, 1.54) is 57.1 Å². The maximum atomic E-state index is 13.7. The van der Waals surface area contributed by atoms with E-state index in [9.17, 15) is 21.2 Å². The number of hydrogen-bond donors (Lipinski definition) is 0. The molecule has 1 aliphatic carbocycles. The van der Waals surface area contributed by atoms with E-state index < -0.39 is 25.9 Å². The molecule has 1 aliphatic rings. The quantitative estimate of drug-likeness (QED) is 0.328. The third kappa shape index (κ3) is 6.59. The Kier molecular flexibility index (Phi) is 8.70. The van der Waals surface area contributed by atoms with Crippen molar-refractivity contribution in [3.05, 3.63) is 94.8 Å². The minimum Gasteiger partial charge on any atom is -0.207 e. The number of rotatable bonds is 9. The molecular formula is C27H30ClFN2O4S2. The molecular weight excluding hydrogens is 535 g/mol. The Hall–Kier alpha value is -2.30. The van der Waals surface area contributed by atoms with Gasteiger partial charge in [0.15, 0.2) is 0 Å². The van der Waals surface area contributed by atoms with Crippen molar-refractivity contribution in [2.24, 2.45) is 0 Å². The molecule has 4 rings (SSSR count). The smallest absolute Gasteiger partial charge is 0.207 e. The van der Waals surface area contributed by atoms with Gasteiger partial charge in [0, 0.05) is 31.2 Å². The van der Waals surface area contributed by atoms with Crippen molar-refractivity contribution < 1.29 is 21.2 Å². The minimum absolute atomic E-state index is 0.00963. The van der Waals surface area contributed by atoms with Gasteiger partial charge in [-0.1, -0.05) is 55.1 Å². The van der Waals surface area contributed by atoms with Crippen molar-refractivity contribution in [2.75, 3.05) is 7.05 Å². The van der Waals surface area contributed by atoms with Crippen molar-refractivity contribution in [3.8, 4) is 0 Å². The topological polar surface area (TPSA) is 74.8 Å². The Morgan fingerprint density at radius 3 is 1.70 bits per heavy atom. The Morgan fingerprint density at radius 1 is 0.730 bits per heavy atom. The molecule has 0 saturated heterocycles. The zero-order valence-corrected chi connectivity index (χ0v) is 22.9. The molecule has 3 aromatic rings. The van der Waals surface area contributed by atoms with Gasteiger partial charge in [-0.05, 0) is 72.5 Å². The molecule has 0 aromatic heterocycles. The van der Waals surface area contributed by atoms with E-state index >= 15 is 0 Å². The summed E-state index contributed by atoms with van der Waals surface area (Å²) in [5, 5.41) is 0.534. The molecule has 37 heavy (non-hydrogen) atoms. The van der Waals surface area contributed by atoms with Crippen LogP contribution in [-0.4, -0.2) is 38.5 Å². The van der Waals surface area contributed by atoms with Crippen LogP contribution in [0.25, 0.3) is 0 Å². The number of hydrogen-bond acceptors (Lipinski definition) is 4. The monoisotopic (exact) mass is 564 g/mol. The summed E-state index contributed by atoms with van der Waals surface area (Å²) in [6.07, 6.45) is 4.76. The lowest BCUT2D eigenvalue weighted by Crippen LogP contribution is -2.38. The van der Waals surface area contributed by atoms with Gasteiger partial charge in [-0.25, -0.2) is 21.2 Å². The van der Waals surface area contributed by atoms with Crippen LogP contribution in [0.3, 0.4) is 0 Å². The molecule has 0 radical (unpaired) electrons. The van der Waals surface area contributed by atoms with E-state index in [2.05, 4.69) is 0 Å². The molecule has 0 bridgehead atoms. The summed E-state index contributed by atoms with van der Waals surface area (Å²) in [5.41, 5.74) is 1.34. The number of nitrogens with zero attached hydrogens (tertiary/aromatic N) is 2. The van der Waals surface area contributed by atoms with Crippen LogP contribution in [0, 0.1) is 5.82 Å². The van der Waals surface area contributed by atoms with Gasteiger partial charge in [0.05, 0.1) is 9.79 Å². The van der Waals surface area contributed by atoms with Crippen molar-refractivity contribution in [2.45, 2.75) is 61.0 Å². The maximum absolute atomic E-state index is 13.7. The molecule has 0 unspecified atom stereocenters. The van der Waals surface area contributed by atoms with Crippen LogP contribution in [-0.2, 0) is 33.1 Å². The van der Waals surface area contributed by atoms with Gasteiger partial charge in [0.2, 0.25) is 20.0 Å². The summed E-state index contributed by atoms with van der Waals surface area (Å²) >= 11 is 5.98. The standard InChI is InChI=1S/C27H30ClFN2O4S2/c1-30(25-5-3-2-4-6-25)36(32,33)26-15-17-27(18-16-26)37(34,35)31(19-21-7-11-23(28)12-8-21)20-22-9-13-24(29)14-10-22/h7-18,25H,2-6,19-20H2,1H3. The number of halogens is 2. The van der Waals surface area contributed by atoms with Crippen LogP contribution in [0.5, 0.6) is 0 Å². The molecule has 0 amide bonds. The minimum atomic E-state index is -4.02. The fourth-order valence-corrected chi connectivity index (χ4v) is 7.51. The van der Waals surface area contributed by atoms with Gasteiger partial charge in [-0.15, -0.1) is 0 Å². The van der Waals surface area contributed by atoms with Crippen molar-refractivity contribution in [3.63, 3.8) is 0 Å². The van der Waals surface area contributed by atoms with Crippen molar-refractivity contribution in [1.29, 1.82) is 0 Å². The molecule has 10 heteroatoms. The molecule has 0 atom stereocenters. The van der Waals surface area contributed by atoms with E-state index in [1.807, 2.05) is 0 Å². The Balaban J connectivity index is 1.61. The summed E-state index contributed by atoms with van der Waals surface area (Å²) in [5.74, 6) is -0.411. The van der Waals surface area contributed by atoms with Gasteiger partial charge in [-0.3, -0.25) is 0 Å². The molecule has 198 valence electrons. The second-order valence-corrected chi connectivity index (χ2v) is 13.7. The highest BCUT2D eigenvalue weighted by Gasteiger charge is 2.30. The highest BCUT2D eigenvalue weighted by atomic mass is 35.5. The first kappa shape index (κ1) is 27.7. The van der Waals surface area contributed by atoms with Crippen molar-refractivity contribution in [1.82, 2.24) is 8.61 Å². The largest absolute Gasteiger partial charge is 0.243 e. The summed E-state index contributed by atoms with van der Waals surface area (Å²) in [4.78, 5) is 0.0325. The van der Waals surface area contributed by atoms with Gasteiger partial charge >= 0.3 is 0 Å². The molecule has 0 N–H and O–H groups in total. The number of sulfonamides is 2. The van der Waals surface area contributed by atoms with Crippen LogP contribution in [0.4, 0.5) is 4.39 Å². The molecule has 6 nitrogen and oxygen atoms in total. The van der Waals surface area contributed by atoms with Gasteiger partial charge < -0.3 is 0 Å². The summed E-state index contributed by atoms with van der Waals surface area (Å²) in [7, 11) is -6.18. The second-order valence-electron chi connectivity index (χ2n) is 9.31. The molecule has 3 aromatic carbocycles. The third-order valence-electron chi connectivity index (χ3n) is 6.77. The molecule has 1 fully saturated rings. The first-order valence-electron chi connectivity index (χ1n) is 12.1. The van der Waals surface area contributed by atoms with E-state index in [0.717, 1.165) is 37.7 Å². The molecule has 0 spiro atoms. The first-order chi connectivity index (χ1) is 17.6. The van der Waals surface area contributed by atoms with E-state index in [0.29, 0.717) is 10.6 Å². The van der Waals surface area contributed by atoms with Crippen LogP contribution in [0.15, 0.2) is 82.6 Å². The fourth-order valence-electron chi connectivity index (χ4n) is 4.55. The van der Waals surface area contributed by atoms with E-state index in [4.69, 9.17) is 11.6 Å². The maximum Gasteiger partial charge on any atom is 0.243 e. The lowest BCUT2D eigenvalue weighted by atomic mass is 9.96. The Morgan fingerprint density at radius 2 is 1.19 bits per heavy atom. The third-order valence-corrected chi connectivity index (χ3v) is 10.8. The van der Waals surface area contributed by atoms with Crippen molar-refractivity contribution >= 4 is 31.6 Å². The highest BCUT2D eigenvalue weighted by molar-refractivity contribution is 7.89. The van der Waals surface area contributed by atoms with Crippen LogP contribution >= 0.6 is 11.6 Å². The van der Waals surface area contributed by atoms with E-state index in [1.54, 1.807) is 31.3 Å². The fraction of sp³-hybridized carbons (Fsp3) is 0.333. The highest BCUT2D eigenvalue weighted by Crippen LogP contribution is 2.28. The van der Waals surface area contributed by atoms with E-state index in [-0.39, 0.29) is 28.9 Å². The predicted octanol–water partition coefficient (Wildman–Crippen LogP) is 5.82.